The van der Waals surface area contributed by atoms with Crippen molar-refractivity contribution in [2.45, 2.75) is 26.2 Å². The molecule has 2 N–H and O–H groups in total. The highest BCUT2D eigenvalue weighted by molar-refractivity contribution is 5.74. The van der Waals surface area contributed by atoms with Crippen LogP contribution in [0.1, 0.15) is 26.2 Å². The lowest BCUT2D eigenvalue weighted by molar-refractivity contribution is -0.129. The Morgan fingerprint density at radius 2 is 2.40 bits per heavy atom. The molecular formula is C7H11NO2. The van der Waals surface area contributed by atoms with Gasteiger partial charge in [-0.25, -0.2) is 5.48 Å². The average Bonchev–Trinajstić information content (AvgIpc) is 1.98. The zero-order valence-electron chi connectivity index (χ0n) is 5.98. The highest BCUT2D eigenvalue weighted by Crippen LogP contribution is 1.92. The van der Waals surface area contributed by atoms with Gasteiger partial charge in [0.1, 0.15) is 0 Å². The van der Waals surface area contributed by atoms with Crippen LogP contribution in [0.15, 0.2) is 0 Å². The average molecular weight is 141 g/mol. The molecule has 0 aliphatic rings. The van der Waals surface area contributed by atoms with Gasteiger partial charge in [-0.15, -0.1) is 11.8 Å². The smallest absolute Gasteiger partial charge is 0.243 e. The maximum Gasteiger partial charge on any atom is 0.243 e. The van der Waals surface area contributed by atoms with E-state index < -0.39 is 0 Å². The Morgan fingerprint density at radius 1 is 1.70 bits per heavy atom. The van der Waals surface area contributed by atoms with E-state index in [1.807, 2.05) is 0 Å². The first kappa shape index (κ1) is 8.99. The van der Waals surface area contributed by atoms with Gasteiger partial charge in [0, 0.05) is 12.8 Å². The number of amides is 1. The highest BCUT2D eigenvalue weighted by Gasteiger charge is 1.95. The predicted octanol–water partition coefficient (Wildman–Crippen LogP) is 0.685. The van der Waals surface area contributed by atoms with Gasteiger partial charge in [0.15, 0.2) is 0 Å². The molecule has 3 heteroatoms. The summed E-state index contributed by atoms with van der Waals surface area (Å²) in [4.78, 5) is 10.4. The van der Waals surface area contributed by atoms with Crippen LogP contribution < -0.4 is 5.48 Å². The number of carbonyl (C=O) groups is 1. The predicted molar refractivity (Wildman–Crippen MR) is 37.2 cm³/mol. The Bertz CT molecular complexity index is 155. The summed E-state index contributed by atoms with van der Waals surface area (Å²) in [6.07, 6.45) is 1.75. The van der Waals surface area contributed by atoms with Gasteiger partial charge in [-0.1, -0.05) is 0 Å². The fraction of sp³-hybridized carbons (Fsp3) is 0.571. The first-order valence-corrected chi connectivity index (χ1v) is 3.13. The maximum atomic E-state index is 10.4. The van der Waals surface area contributed by atoms with E-state index in [4.69, 9.17) is 5.21 Å². The minimum atomic E-state index is -0.349. The van der Waals surface area contributed by atoms with Gasteiger partial charge in [-0.05, 0) is 13.3 Å². The van der Waals surface area contributed by atoms with Crippen LogP contribution in [-0.4, -0.2) is 11.1 Å². The summed E-state index contributed by atoms with van der Waals surface area (Å²) in [6.45, 7) is 1.76. The normalized spacial score (nSPS) is 7.80. The summed E-state index contributed by atoms with van der Waals surface area (Å²) in [5.41, 5.74) is 1.55. The minimum Gasteiger partial charge on any atom is -0.289 e. The number of nitrogens with one attached hydrogen (secondary N) is 1. The van der Waals surface area contributed by atoms with Crippen LogP contribution in [0.4, 0.5) is 0 Å². The van der Waals surface area contributed by atoms with Crippen LogP contribution in [0.3, 0.4) is 0 Å². The zero-order chi connectivity index (χ0) is 7.82. The maximum absolute atomic E-state index is 10.4. The summed E-state index contributed by atoms with van der Waals surface area (Å²) in [5.74, 6) is 5.18. The van der Waals surface area contributed by atoms with E-state index in [0.29, 0.717) is 19.3 Å². The van der Waals surface area contributed by atoms with Crippen molar-refractivity contribution in [3.8, 4) is 11.8 Å². The molecule has 56 valence electrons. The number of hydrogen-bond acceptors (Lipinski definition) is 2. The summed E-state index contributed by atoms with van der Waals surface area (Å²) >= 11 is 0. The Balaban J connectivity index is 3.17. The van der Waals surface area contributed by atoms with Crippen molar-refractivity contribution in [2.24, 2.45) is 0 Å². The lowest BCUT2D eigenvalue weighted by atomic mass is 10.2. The Hall–Kier alpha value is -1.01. The van der Waals surface area contributed by atoms with Gasteiger partial charge < -0.3 is 0 Å². The molecular weight excluding hydrogens is 130 g/mol. The summed E-state index contributed by atoms with van der Waals surface area (Å²) in [5, 5.41) is 8.06. The number of hydrogen-bond donors (Lipinski definition) is 2. The lowest BCUT2D eigenvalue weighted by Crippen LogP contribution is -2.17. The molecule has 10 heavy (non-hydrogen) atoms. The second-order valence-electron chi connectivity index (χ2n) is 1.82. The van der Waals surface area contributed by atoms with E-state index in [2.05, 4.69) is 11.8 Å². The third-order valence-corrected chi connectivity index (χ3v) is 1.01. The SMILES string of the molecule is CC#CCCCC(=O)NO. The molecule has 0 radical (unpaired) electrons. The van der Waals surface area contributed by atoms with Gasteiger partial charge in [-0.3, -0.25) is 10.0 Å². The third-order valence-electron chi connectivity index (χ3n) is 1.01. The fourth-order valence-corrected chi connectivity index (χ4v) is 0.518. The molecule has 0 aromatic carbocycles. The molecule has 0 aliphatic carbocycles. The van der Waals surface area contributed by atoms with Crippen LogP contribution in [0.5, 0.6) is 0 Å². The number of unbranched alkanes of at least 4 members (excludes halogenated alkanes) is 1. The van der Waals surface area contributed by atoms with E-state index in [0.717, 1.165) is 0 Å². The molecule has 0 atom stereocenters. The van der Waals surface area contributed by atoms with E-state index in [9.17, 15) is 4.79 Å². The molecule has 0 fully saturated rings. The molecule has 0 saturated heterocycles. The molecule has 0 spiro atoms. The van der Waals surface area contributed by atoms with Crippen LogP contribution in [0.25, 0.3) is 0 Å². The second-order valence-corrected chi connectivity index (χ2v) is 1.82. The number of carbonyl (C=O) groups excluding carboxylic acids is 1. The van der Waals surface area contributed by atoms with E-state index in [-0.39, 0.29) is 5.91 Å². The summed E-state index contributed by atoms with van der Waals surface area (Å²) in [6, 6.07) is 0. The van der Waals surface area contributed by atoms with Gasteiger partial charge in [0.25, 0.3) is 0 Å². The van der Waals surface area contributed by atoms with Crippen molar-refractivity contribution in [1.82, 2.24) is 5.48 Å². The molecule has 0 saturated carbocycles. The lowest BCUT2D eigenvalue weighted by Gasteiger charge is -1.93. The van der Waals surface area contributed by atoms with E-state index >= 15 is 0 Å². The molecule has 0 aromatic rings. The van der Waals surface area contributed by atoms with Gasteiger partial charge in [0.05, 0.1) is 0 Å². The number of hydroxylamine groups is 1. The van der Waals surface area contributed by atoms with Gasteiger partial charge in [0.2, 0.25) is 5.91 Å². The second kappa shape index (κ2) is 6.12. The third kappa shape index (κ3) is 5.13. The van der Waals surface area contributed by atoms with Gasteiger partial charge >= 0.3 is 0 Å². The molecule has 0 bridgehead atoms. The minimum absolute atomic E-state index is 0.338. The quantitative estimate of drug-likeness (QED) is 0.263. The largest absolute Gasteiger partial charge is 0.289 e. The molecule has 0 aromatic heterocycles. The van der Waals surface area contributed by atoms with Crippen molar-refractivity contribution >= 4 is 5.91 Å². The topological polar surface area (TPSA) is 49.3 Å². The monoisotopic (exact) mass is 141 g/mol. The molecule has 3 nitrogen and oxygen atoms in total. The van der Waals surface area contributed by atoms with E-state index in [1.165, 1.54) is 0 Å². The van der Waals surface area contributed by atoms with Crippen molar-refractivity contribution < 1.29 is 10.0 Å². The fourth-order valence-electron chi connectivity index (χ4n) is 0.518. The molecule has 1 amide bonds. The van der Waals surface area contributed by atoms with Crippen LogP contribution in [0.2, 0.25) is 0 Å². The van der Waals surface area contributed by atoms with Crippen molar-refractivity contribution in [3.63, 3.8) is 0 Å². The van der Waals surface area contributed by atoms with Crippen molar-refractivity contribution in [1.29, 1.82) is 0 Å². The number of rotatable bonds is 3. The van der Waals surface area contributed by atoms with Crippen molar-refractivity contribution in [2.75, 3.05) is 0 Å². The molecule has 0 unspecified atom stereocenters. The Kier molecular flexibility index (Phi) is 5.50. The standard InChI is InChI=1S/C7H11NO2/c1-2-3-4-5-6-7(9)8-10/h10H,4-6H2,1H3,(H,8,9). The Labute approximate surface area is 60.4 Å². The Morgan fingerprint density at radius 3 is 2.90 bits per heavy atom. The summed E-state index contributed by atoms with van der Waals surface area (Å²) < 4.78 is 0. The zero-order valence-corrected chi connectivity index (χ0v) is 5.98. The van der Waals surface area contributed by atoms with Crippen LogP contribution in [0, 0.1) is 11.8 Å². The van der Waals surface area contributed by atoms with E-state index in [1.54, 1.807) is 12.4 Å². The van der Waals surface area contributed by atoms with Gasteiger partial charge in [-0.2, -0.15) is 0 Å². The summed E-state index contributed by atoms with van der Waals surface area (Å²) in [7, 11) is 0. The van der Waals surface area contributed by atoms with Crippen LogP contribution in [-0.2, 0) is 4.79 Å². The molecule has 0 rings (SSSR count). The first-order valence-electron chi connectivity index (χ1n) is 3.13. The first-order chi connectivity index (χ1) is 4.81. The van der Waals surface area contributed by atoms with Crippen LogP contribution >= 0.6 is 0 Å². The molecule has 0 heterocycles. The highest BCUT2D eigenvalue weighted by atomic mass is 16.5. The van der Waals surface area contributed by atoms with Crippen molar-refractivity contribution in [3.05, 3.63) is 0 Å². The molecule has 0 aliphatic heterocycles.